The highest BCUT2D eigenvalue weighted by molar-refractivity contribution is 4.78. The second kappa shape index (κ2) is 5.83. The first kappa shape index (κ1) is 11.4. The largest absolute Gasteiger partial charge is 0.393 e. The molecule has 2 fully saturated rings. The molecule has 2 rings (SSSR count). The number of rotatable bonds is 3. The zero-order valence-corrected chi connectivity index (χ0v) is 9.54. The van der Waals surface area contributed by atoms with Crippen LogP contribution < -0.4 is 10.6 Å². The summed E-state index contributed by atoms with van der Waals surface area (Å²) in [4.78, 5) is 0. The Bertz CT molecular complexity index is 172. The molecule has 3 heteroatoms. The highest BCUT2D eigenvalue weighted by atomic mass is 16.3. The van der Waals surface area contributed by atoms with E-state index < -0.39 is 0 Å². The molecule has 1 saturated heterocycles. The molecule has 0 aromatic rings. The molecular formula is C12H24N2O. The summed E-state index contributed by atoms with van der Waals surface area (Å²) in [6.45, 7) is 3.47. The third-order valence-electron chi connectivity index (χ3n) is 3.81. The van der Waals surface area contributed by atoms with Gasteiger partial charge in [-0.25, -0.2) is 0 Å². The molecule has 0 aromatic carbocycles. The molecule has 3 nitrogen and oxygen atoms in total. The zero-order valence-electron chi connectivity index (χ0n) is 9.54. The van der Waals surface area contributed by atoms with Crippen molar-refractivity contribution in [3.63, 3.8) is 0 Å². The Morgan fingerprint density at radius 3 is 2.60 bits per heavy atom. The van der Waals surface area contributed by atoms with E-state index in [1.807, 2.05) is 0 Å². The topological polar surface area (TPSA) is 44.3 Å². The minimum atomic E-state index is -0.0161. The highest BCUT2D eigenvalue weighted by Gasteiger charge is 2.20. The van der Waals surface area contributed by atoms with E-state index in [4.69, 9.17) is 0 Å². The smallest absolute Gasteiger partial charge is 0.0540 e. The van der Waals surface area contributed by atoms with Crippen molar-refractivity contribution in [2.75, 3.05) is 19.6 Å². The van der Waals surface area contributed by atoms with Crippen molar-refractivity contribution < 1.29 is 5.11 Å². The number of hydrogen-bond donors (Lipinski definition) is 3. The predicted molar refractivity (Wildman–Crippen MR) is 61.9 cm³/mol. The maximum atomic E-state index is 9.41. The van der Waals surface area contributed by atoms with Crippen LogP contribution in [0.25, 0.3) is 0 Å². The monoisotopic (exact) mass is 212 g/mol. The molecule has 1 aliphatic heterocycles. The van der Waals surface area contributed by atoms with Gasteiger partial charge < -0.3 is 15.7 Å². The first-order chi connectivity index (χ1) is 7.34. The third kappa shape index (κ3) is 3.74. The molecule has 0 radical (unpaired) electrons. The lowest BCUT2D eigenvalue weighted by Crippen LogP contribution is -2.45. The Hall–Kier alpha value is -0.120. The van der Waals surface area contributed by atoms with Crippen molar-refractivity contribution in [3.8, 4) is 0 Å². The van der Waals surface area contributed by atoms with Crippen LogP contribution in [0.3, 0.4) is 0 Å². The van der Waals surface area contributed by atoms with E-state index in [1.54, 1.807) is 0 Å². The SMILES string of the molecule is OC1CCC(CNC2CCCNC2)CC1. The van der Waals surface area contributed by atoms with Gasteiger partial charge in [0.05, 0.1) is 6.10 Å². The number of piperidine rings is 1. The van der Waals surface area contributed by atoms with Gasteiger partial charge in [0.2, 0.25) is 0 Å². The second-order valence-electron chi connectivity index (χ2n) is 5.13. The highest BCUT2D eigenvalue weighted by Crippen LogP contribution is 2.23. The maximum absolute atomic E-state index is 9.41. The van der Waals surface area contributed by atoms with Gasteiger partial charge in [0.1, 0.15) is 0 Å². The average molecular weight is 212 g/mol. The van der Waals surface area contributed by atoms with Crippen molar-refractivity contribution >= 4 is 0 Å². The van der Waals surface area contributed by atoms with Gasteiger partial charge in [0.25, 0.3) is 0 Å². The summed E-state index contributed by atoms with van der Waals surface area (Å²) >= 11 is 0. The van der Waals surface area contributed by atoms with Crippen molar-refractivity contribution in [2.45, 2.75) is 50.7 Å². The molecule has 1 saturated carbocycles. The lowest BCUT2D eigenvalue weighted by molar-refractivity contribution is 0.107. The van der Waals surface area contributed by atoms with Gasteiger partial charge >= 0.3 is 0 Å². The molecule has 1 atom stereocenters. The number of aliphatic hydroxyl groups is 1. The minimum Gasteiger partial charge on any atom is -0.393 e. The Morgan fingerprint density at radius 2 is 1.93 bits per heavy atom. The van der Waals surface area contributed by atoms with Crippen molar-refractivity contribution in [1.82, 2.24) is 10.6 Å². The van der Waals surface area contributed by atoms with Crippen molar-refractivity contribution in [1.29, 1.82) is 0 Å². The molecule has 1 unspecified atom stereocenters. The molecule has 3 N–H and O–H groups in total. The Morgan fingerprint density at radius 1 is 1.13 bits per heavy atom. The van der Waals surface area contributed by atoms with Gasteiger partial charge in [0.15, 0.2) is 0 Å². The van der Waals surface area contributed by atoms with E-state index in [0.29, 0.717) is 6.04 Å². The van der Waals surface area contributed by atoms with Gasteiger partial charge in [-0.05, 0) is 57.5 Å². The van der Waals surface area contributed by atoms with Crippen LogP contribution >= 0.6 is 0 Å². The normalized spacial score (nSPS) is 37.8. The molecule has 88 valence electrons. The standard InChI is InChI=1S/C12H24N2O/c15-12-5-3-10(4-6-12)8-14-11-2-1-7-13-9-11/h10-15H,1-9H2. The molecule has 15 heavy (non-hydrogen) atoms. The van der Waals surface area contributed by atoms with Crippen molar-refractivity contribution in [2.24, 2.45) is 5.92 Å². The van der Waals surface area contributed by atoms with E-state index in [0.717, 1.165) is 31.8 Å². The quantitative estimate of drug-likeness (QED) is 0.651. The van der Waals surface area contributed by atoms with Crippen LogP contribution in [0, 0.1) is 5.92 Å². The van der Waals surface area contributed by atoms with Crippen LogP contribution in [-0.4, -0.2) is 36.9 Å². The van der Waals surface area contributed by atoms with E-state index in [9.17, 15) is 5.11 Å². The van der Waals surface area contributed by atoms with E-state index in [1.165, 1.54) is 32.2 Å². The fourth-order valence-corrected chi connectivity index (χ4v) is 2.71. The van der Waals surface area contributed by atoms with Crippen LogP contribution in [0.15, 0.2) is 0 Å². The van der Waals surface area contributed by atoms with Gasteiger partial charge in [-0.2, -0.15) is 0 Å². The zero-order chi connectivity index (χ0) is 10.5. The maximum Gasteiger partial charge on any atom is 0.0540 e. The lowest BCUT2D eigenvalue weighted by Gasteiger charge is -2.29. The average Bonchev–Trinajstić information content (AvgIpc) is 2.30. The van der Waals surface area contributed by atoms with Crippen molar-refractivity contribution in [3.05, 3.63) is 0 Å². The summed E-state index contributed by atoms with van der Waals surface area (Å²) in [6.07, 6.45) is 7.04. The summed E-state index contributed by atoms with van der Waals surface area (Å²) in [5.41, 5.74) is 0. The molecule has 1 aliphatic carbocycles. The summed E-state index contributed by atoms with van der Waals surface area (Å²) in [6, 6.07) is 0.686. The number of nitrogens with one attached hydrogen (secondary N) is 2. The Labute approximate surface area is 92.6 Å². The second-order valence-corrected chi connectivity index (χ2v) is 5.13. The Kier molecular flexibility index (Phi) is 4.42. The van der Waals surface area contributed by atoms with Crippen LogP contribution in [0.5, 0.6) is 0 Å². The minimum absolute atomic E-state index is 0.0161. The molecule has 0 spiro atoms. The van der Waals surface area contributed by atoms with Gasteiger partial charge in [-0.1, -0.05) is 0 Å². The molecule has 0 amide bonds. The fourth-order valence-electron chi connectivity index (χ4n) is 2.71. The number of hydrogen-bond acceptors (Lipinski definition) is 3. The molecule has 2 aliphatic rings. The first-order valence-corrected chi connectivity index (χ1v) is 6.47. The van der Waals surface area contributed by atoms with Gasteiger partial charge in [0, 0.05) is 12.6 Å². The number of aliphatic hydroxyl groups excluding tert-OH is 1. The molecule has 0 bridgehead atoms. The summed E-state index contributed by atoms with van der Waals surface area (Å²) in [7, 11) is 0. The molecular weight excluding hydrogens is 188 g/mol. The van der Waals surface area contributed by atoms with Crippen LogP contribution in [0.4, 0.5) is 0 Å². The molecule has 1 heterocycles. The van der Waals surface area contributed by atoms with E-state index in [2.05, 4.69) is 10.6 Å². The lowest BCUT2D eigenvalue weighted by atomic mass is 9.87. The predicted octanol–water partition coefficient (Wildman–Crippen LogP) is 0.879. The van der Waals surface area contributed by atoms with E-state index >= 15 is 0 Å². The van der Waals surface area contributed by atoms with Gasteiger partial charge in [-0.15, -0.1) is 0 Å². The first-order valence-electron chi connectivity index (χ1n) is 6.47. The van der Waals surface area contributed by atoms with Gasteiger partial charge in [-0.3, -0.25) is 0 Å². The van der Waals surface area contributed by atoms with E-state index in [-0.39, 0.29) is 6.10 Å². The molecule has 0 aromatic heterocycles. The third-order valence-corrected chi connectivity index (χ3v) is 3.81. The summed E-state index contributed by atoms with van der Waals surface area (Å²) in [5, 5.41) is 16.5. The summed E-state index contributed by atoms with van der Waals surface area (Å²) in [5.74, 6) is 0.801. The summed E-state index contributed by atoms with van der Waals surface area (Å²) < 4.78 is 0. The fraction of sp³-hybridized carbons (Fsp3) is 1.00. The van der Waals surface area contributed by atoms with Crippen LogP contribution in [-0.2, 0) is 0 Å². The Balaban J connectivity index is 1.60. The van der Waals surface area contributed by atoms with Crippen LogP contribution in [0.1, 0.15) is 38.5 Å². The van der Waals surface area contributed by atoms with Crippen LogP contribution in [0.2, 0.25) is 0 Å².